The average Bonchev–Trinajstić information content (AvgIpc) is 2.90. The summed E-state index contributed by atoms with van der Waals surface area (Å²) in [5.74, 6) is 0. The zero-order valence-corrected chi connectivity index (χ0v) is 19.1. The summed E-state index contributed by atoms with van der Waals surface area (Å²) >= 11 is 3.38. The smallest absolute Gasteiger partial charge is 0.283 e. The summed E-state index contributed by atoms with van der Waals surface area (Å²) in [4.78, 5) is 13.4. The molecule has 0 atom stereocenters. The van der Waals surface area contributed by atoms with Gasteiger partial charge in [-0.2, -0.15) is 12.7 Å². The Bertz CT molecular complexity index is 1170. The summed E-state index contributed by atoms with van der Waals surface area (Å²) in [6, 6.07) is 16.5. The van der Waals surface area contributed by atoms with E-state index in [2.05, 4.69) is 15.9 Å². The van der Waals surface area contributed by atoms with E-state index in [4.69, 9.17) is 0 Å². The Morgan fingerprint density at radius 2 is 1.59 bits per heavy atom. The van der Waals surface area contributed by atoms with Gasteiger partial charge in [0, 0.05) is 25.6 Å². The number of hydrogen-bond acceptors (Lipinski definition) is 3. The SMILES string of the molecule is Cc1c(N(Cc2ccc(Br)cc2)S(=O)(=O)N(C)C)c(=O)n(-c2ccccc2)n1C. The van der Waals surface area contributed by atoms with E-state index >= 15 is 0 Å². The molecular weight excluding hydrogens is 456 g/mol. The molecule has 0 spiro atoms. The molecule has 3 rings (SSSR count). The van der Waals surface area contributed by atoms with Crippen molar-refractivity contribution in [3.8, 4) is 5.69 Å². The lowest BCUT2D eigenvalue weighted by atomic mass is 10.2. The Labute approximate surface area is 179 Å². The lowest BCUT2D eigenvalue weighted by Gasteiger charge is -2.26. The molecule has 0 saturated heterocycles. The maximum atomic E-state index is 13.4. The fourth-order valence-corrected chi connectivity index (χ4v) is 4.48. The van der Waals surface area contributed by atoms with Crippen LogP contribution in [0.4, 0.5) is 5.69 Å². The predicted molar refractivity (Wildman–Crippen MR) is 119 cm³/mol. The number of anilines is 1. The van der Waals surface area contributed by atoms with Crippen LogP contribution in [-0.4, -0.2) is 36.2 Å². The van der Waals surface area contributed by atoms with E-state index in [0.29, 0.717) is 11.4 Å². The first-order valence-corrected chi connectivity index (χ1v) is 11.1. The largest absolute Gasteiger partial charge is 0.304 e. The second-order valence-corrected chi connectivity index (χ2v) is 9.82. The van der Waals surface area contributed by atoms with Gasteiger partial charge in [0.2, 0.25) is 0 Å². The number of aromatic nitrogens is 2. The minimum atomic E-state index is -3.90. The predicted octanol–water partition coefficient (Wildman–Crippen LogP) is 3.06. The zero-order valence-electron chi connectivity index (χ0n) is 16.7. The van der Waals surface area contributed by atoms with E-state index in [1.54, 1.807) is 18.7 Å². The summed E-state index contributed by atoms with van der Waals surface area (Å²) in [6.07, 6.45) is 0. The molecule has 0 fully saturated rings. The van der Waals surface area contributed by atoms with E-state index in [1.165, 1.54) is 23.1 Å². The first kappa shape index (κ1) is 21.4. The monoisotopic (exact) mass is 478 g/mol. The summed E-state index contributed by atoms with van der Waals surface area (Å²) in [5, 5.41) is 0. The Kier molecular flexibility index (Phi) is 6.02. The molecule has 9 heteroatoms. The van der Waals surface area contributed by atoms with E-state index in [1.807, 2.05) is 54.6 Å². The number of benzene rings is 2. The minimum absolute atomic E-state index is 0.0443. The highest BCUT2D eigenvalue weighted by Crippen LogP contribution is 2.25. The molecule has 154 valence electrons. The van der Waals surface area contributed by atoms with Gasteiger partial charge in [0.1, 0.15) is 5.69 Å². The molecule has 0 aliphatic rings. The molecule has 0 aliphatic carbocycles. The molecule has 0 radical (unpaired) electrons. The molecule has 0 amide bonds. The van der Waals surface area contributed by atoms with Crippen LogP contribution in [0.5, 0.6) is 0 Å². The molecular formula is C20H23BrN4O3S. The van der Waals surface area contributed by atoms with E-state index in [9.17, 15) is 13.2 Å². The fraction of sp³-hybridized carbons (Fsp3) is 0.250. The highest BCUT2D eigenvalue weighted by Gasteiger charge is 2.32. The molecule has 0 saturated carbocycles. The highest BCUT2D eigenvalue weighted by molar-refractivity contribution is 9.10. The van der Waals surface area contributed by atoms with Gasteiger partial charge in [-0.25, -0.2) is 8.99 Å². The Hall–Kier alpha value is -2.36. The van der Waals surface area contributed by atoms with Crippen molar-refractivity contribution in [2.24, 2.45) is 7.05 Å². The summed E-state index contributed by atoms with van der Waals surface area (Å²) in [5.41, 5.74) is 1.74. The van der Waals surface area contributed by atoms with Gasteiger partial charge in [0.25, 0.3) is 5.56 Å². The van der Waals surface area contributed by atoms with Gasteiger partial charge >= 0.3 is 10.2 Å². The first-order chi connectivity index (χ1) is 13.6. The molecule has 0 N–H and O–H groups in total. The Morgan fingerprint density at radius 3 is 2.14 bits per heavy atom. The van der Waals surface area contributed by atoms with Crippen LogP contribution in [-0.2, 0) is 23.8 Å². The van der Waals surface area contributed by atoms with E-state index in [0.717, 1.165) is 14.3 Å². The van der Waals surface area contributed by atoms with Gasteiger partial charge in [-0.1, -0.05) is 46.3 Å². The van der Waals surface area contributed by atoms with Gasteiger partial charge in [0.05, 0.1) is 17.9 Å². The molecule has 1 heterocycles. The van der Waals surface area contributed by atoms with Crippen LogP contribution in [0.3, 0.4) is 0 Å². The van der Waals surface area contributed by atoms with Crippen molar-refractivity contribution >= 4 is 31.8 Å². The Morgan fingerprint density at radius 1 is 1.00 bits per heavy atom. The Balaban J connectivity index is 2.21. The molecule has 3 aromatic rings. The van der Waals surface area contributed by atoms with Crippen LogP contribution in [0.25, 0.3) is 5.69 Å². The van der Waals surface area contributed by atoms with Crippen molar-refractivity contribution in [2.45, 2.75) is 13.5 Å². The van der Waals surface area contributed by atoms with Crippen molar-refractivity contribution in [2.75, 3.05) is 18.4 Å². The average molecular weight is 479 g/mol. The fourth-order valence-electron chi connectivity index (χ4n) is 3.07. The van der Waals surface area contributed by atoms with Crippen molar-refractivity contribution < 1.29 is 8.42 Å². The third-order valence-electron chi connectivity index (χ3n) is 4.75. The maximum absolute atomic E-state index is 13.4. The normalized spacial score (nSPS) is 11.8. The lowest BCUT2D eigenvalue weighted by Crippen LogP contribution is -2.42. The quantitative estimate of drug-likeness (QED) is 0.546. The van der Waals surface area contributed by atoms with Crippen LogP contribution < -0.4 is 9.86 Å². The summed E-state index contributed by atoms with van der Waals surface area (Å²) < 4.78 is 32.6. The summed E-state index contributed by atoms with van der Waals surface area (Å²) in [7, 11) is 0.753. The third-order valence-corrected chi connectivity index (χ3v) is 7.07. The number of nitrogens with zero attached hydrogens (tertiary/aromatic N) is 4. The van der Waals surface area contributed by atoms with Gasteiger partial charge in [0.15, 0.2) is 0 Å². The maximum Gasteiger partial charge on any atom is 0.304 e. The van der Waals surface area contributed by atoms with Crippen molar-refractivity contribution in [1.82, 2.24) is 13.7 Å². The molecule has 2 aromatic carbocycles. The van der Waals surface area contributed by atoms with Crippen molar-refractivity contribution in [1.29, 1.82) is 0 Å². The van der Waals surface area contributed by atoms with E-state index in [-0.39, 0.29) is 12.2 Å². The minimum Gasteiger partial charge on any atom is -0.283 e. The second kappa shape index (κ2) is 8.17. The van der Waals surface area contributed by atoms with Gasteiger partial charge < -0.3 is 0 Å². The van der Waals surface area contributed by atoms with Crippen LogP contribution in [0.15, 0.2) is 63.9 Å². The van der Waals surface area contributed by atoms with E-state index < -0.39 is 15.8 Å². The highest BCUT2D eigenvalue weighted by atomic mass is 79.9. The van der Waals surface area contributed by atoms with Crippen LogP contribution >= 0.6 is 15.9 Å². The lowest BCUT2D eigenvalue weighted by molar-refractivity contribution is 0.514. The standard InChI is InChI=1S/C20H23BrN4O3S/c1-15-19(20(26)25(23(15)4)18-8-6-5-7-9-18)24(29(27,28)22(2)3)14-16-10-12-17(21)13-11-16/h5-13H,14H2,1-4H3. The zero-order chi connectivity index (χ0) is 21.3. The number of para-hydroxylation sites is 1. The molecule has 1 aromatic heterocycles. The van der Waals surface area contributed by atoms with Gasteiger partial charge in [-0.15, -0.1) is 0 Å². The molecule has 0 bridgehead atoms. The van der Waals surface area contributed by atoms with Crippen LogP contribution in [0.1, 0.15) is 11.3 Å². The first-order valence-electron chi connectivity index (χ1n) is 8.93. The number of rotatable bonds is 6. The number of halogens is 1. The molecule has 7 nitrogen and oxygen atoms in total. The van der Waals surface area contributed by atoms with Gasteiger partial charge in [-0.05, 0) is 36.8 Å². The summed E-state index contributed by atoms with van der Waals surface area (Å²) in [6.45, 7) is 1.79. The van der Waals surface area contributed by atoms with Crippen molar-refractivity contribution in [3.63, 3.8) is 0 Å². The molecule has 0 aliphatic heterocycles. The third kappa shape index (κ3) is 4.03. The van der Waals surface area contributed by atoms with Crippen LogP contribution in [0.2, 0.25) is 0 Å². The van der Waals surface area contributed by atoms with Gasteiger partial charge in [-0.3, -0.25) is 9.48 Å². The van der Waals surface area contributed by atoms with Crippen molar-refractivity contribution in [3.05, 3.63) is 80.7 Å². The topological polar surface area (TPSA) is 67.6 Å². The second-order valence-electron chi connectivity index (χ2n) is 6.83. The molecule has 29 heavy (non-hydrogen) atoms. The number of hydrogen-bond donors (Lipinski definition) is 0. The molecule has 0 unspecified atom stereocenters. The van der Waals surface area contributed by atoms with Crippen LogP contribution in [0, 0.1) is 6.92 Å².